The first kappa shape index (κ1) is 32.5. The van der Waals surface area contributed by atoms with Gasteiger partial charge in [-0.2, -0.15) is 0 Å². The minimum atomic E-state index is -0.903. The molecule has 5 aromatic rings. The number of hydrogen-bond acceptors (Lipinski definition) is 11. The molecule has 0 N–H and O–H groups in total. The van der Waals surface area contributed by atoms with E-state index in [-0.39, 0.29) is 23.7 Å². The number of non-ortho nitro benzene ring substituents is 1. The van der Waals surface area contributed by atoms with Crippen LogP contribution in [0.15, 0.2) is 112 Å². The van der Waals surface area contributed by atoms with E-state index in [2.05, 4.69) is 0 Å². The van der Waals surface area contributed by atoms with Crippen LogP contribution < -0.4 is 24.4 Å². The fourth-order valence-electron chi connectivity index (χ4n) is 5.36. The van der Waals surface area contributed by atoms with E-state index < -0.39 is 38.8 Å². The first-order valence-electron chi connectivity index (χ1n) is 14.8. The summed E-state index contributed by atoms with van der Waals surface area (Å²) in [6.45, 7) is 1.81. The fourth-order valence-corrected chi connectivity index (χ4v) is 6.36. The van der Waals surface area contributed by atoms with Gasteiger partial charge in [-0.25, -0.2) is 9.79 Å². The number of carbonyl (C=O) groups excluding carboxylic acids is 1. The highest BCUT2D eigenvalue weighted by atomic mass is 32.1. The van der Waals surface area contributed by atoms with E-state index in [1.54, 1.807) is 61.5 Å². The lowest BCUT2D eigenvalue weighted by molar-refractivity contribution is -0.394. The molecule has 1 atom stereocenters. The van der Waals surface area contributed by atoms with Gasteiger partial charge in [0.15, 0.2) is 4.80 Å². The van der Waals surface area contributed by atoms with Crippen molar-refractivity contribution in [3.05, 3.63) is 159 Å². The third kappa shape index (κ3) is 6.57. The summed E-state index contributed by atoms with van der Waals surface area (Å²) in [6, 6.07) is 24.9. The number of benzene rings is 4. The van der Waals surface area contributed by atoms with E-state index in [0.717, 1.165) is 29.5 Å². The number of esters is 1. The van der Waals surface area contributed by atoms with Crippen molar-refractivity contribution in [3.8, 4) is 17.2 Å². The lowest BCUT2D eigenvalue weighted by Crippen LogP contribution is -2.40. The largest absolute Gasteiger partial charge is 0.497 e. The first-order valence-corrected chi connectivity index (χ1v) is 15.6. The van der Waals surface area contributed by atoms with Crippen molar-refractivity contribution in [2.45, 2.75) is 13.0 Å². The molecule has 2 heterocycles. The van der Waals surface area contributed by atoms with Crippen molar-refractivity contribution in [1.82, 2.24) is 4.57 Å². The average Bonchev–Trinajstić information content (AvgIpc) is 3.41. The van der Waals surface area contributed by atoms with Crippen LogP contribution in [0.25, 0.3) is 11.8 Å². The van der Waals surface area contributed by atoms with Gasteiger partial charge in [-0.1, -0.05) is 65.9 Å². The van der Waals surface area contributed by atoms with Crippen LogP contribution >= 0.6 is 11.3 Å². The third-order valence-electron chi connectivity index (χ3n) is 7.52. The minimum absolute atomic E-state index is 0.112. The highest BCUT2D eigenvalue weighted by Crippen LogP contribution is 2.37. The number of carbonyl (C=O) groups is 1. The standard InChI is InChI=1S/C35H26N4O9S/c1-3-47-34(41)30-31(22-10-5-4-6-11-22)36-35-37(32(30)23-12-8-13-25(19-23)46-2)33(40)29(49-35)18-21-9-7-14-26(17-21)48-28-16-15-24(38(42)43)20-27(28)39(44)45/h4-20,32H,3H2,1-2H3/b29-18+/t32-/m0/s1. The maximum Gasteiger partial charge on any atom is 0.338 e. The normalized spacial score (nSPS) is 14.1. The predicted octanol–water partition coefficient (Wildman–Crippen LogP) is 5.55. The molecular formula is C35H26N4O9S. The van der Waals surface area contributed by atoms with E-state index in [1.807, 2.05) is 30.3 Å². The van der Waals surface area contributed by atoms with Crippen LogP contribution in [0.2, 0.25) is 0 Å². The maximum atomic E-state index is 14.2. The first-order chi connectivity index (χ1) is 23.7. The Kier molecular flexibility index (Phi) is 9.13. The number of methoxy groups -OCH3 is 1. The summed E-state index contributed by atoms with van der Waals surface area (Å²) in [5.41, 5.74) is 0.940. The highest BCUT2D eigenvalue weighted by Gasteiger charge is 2.35. The number of thiazole rings is 1. The fraction of sp³-hybridized carbons (Fsp3) is 0.114. The molecule has 0 bridgehead atoms. The zero-order valence-electron chi connectivity index (χ0n) is 26.0. The molecule has 0 unspecified atom stereocenters. The third-order valence-corrected chi connectivity index (χ3v) is 8.50. The van der Waals surface area contributed by atoms with Crippen LogP contribution in [0.5, 0.6) is 17.2 Å². The molecule has 0 fully saturated rings. The molecule has 0 saturated heterocycles. The van der Waals surface area contributed by atoms with Crippen LogP contribution in [0.1, 0.15) is 29.7 Å². The molecule has 49 heavy (non-hydrogen) atoms. The van der Waals surface area contributed by atoms with E-state index in [1.165, 1.54) is 11.7 Å². The number of hydrogen-bond donors (Lipinski definition) is 0. The average molecular weight is 679 g/mol. The molecule has 0 saturated carbocycles. The van der Waals surface area contributed by atoms with Crippen molar-refractivity contribution in [3.63, 3.8) is 0 Å². The lowest BCUT2D eigenvalue weighted by atomic mass is 9.93. The van der Waals surface area contributed by atoms with Gasteiger partial charge in [0.05, 0.1) is 51.5 Å². The zero-order chi connectivity index (χ0) is 34.7. The second kappa shape index (κ2) is 13.8. The molecule has 0 radical (unpaired) electrons. The second-order valence-electron chi connectivity index (χ2n) is 10.5. The lowest BCUT2D eigenvalue weighted by Gasteiger charge is -2.26. The molecule has 1 aliphatic rings. The number of nitrogens with zero attached hydrogens (tertiary/aromatic N) is 4. The Morgan fingerprint density at radius 3 is 2.41 bits per heavy atom. The van der Waals surface area contributed by atoms with Crippen LogP contribution in [0.4, 0.5) is 11.4 Å². The van der Waals surface area contributed by atoms with Crippen LogP contribution in [-0.4, -0.2) is 34.1 Å². The molecule has 1 aromatic heterocycles. The van der Waals surface area contributed by atoms with E-state index in [0.29, 0.717) is 37.5 Å². The zero-order valence-corrected chi connectivity index (χ0v) is 26.8. The molecule has 6 rings (SSSR count). The molecule has 13 nitrogen and oxygen atoms in total. The van der Waals surface area contributed by atoms with Gasteiger partial charge in [-0.05, 0) is 54.5 Å². The SMILES string of the molecule is CCOC(=O)C1=C(c2ccccc2)N=c2s/c(=C/c3cccc(Oc4ccc([N+](=O)[O-])cc4[N+](=O)[O-])c3)c(=O)n2[C@H]1c1cccc(OC)c1. The monoisotopic (exact) mass is 678 g/mol. The van der Waals surface area contributed by atoms with Crippen molar-refractivity contribution in [2.24, 2.45) is 4.99 Å². The Hall–Kier alpha value is -6.41. The Balaban J connectivity index is 1.50. The predicted molar refractivity (Wildman–Crippen MR) is 180 cm³/mol. The number of ether oxygens (including phenoxy) is 3. The molecule has 14 heteroatoms. The van der Waals surface area contributed by atoms with E-state index >= 15 is 0 Å². The second-order valence-corrected chi connectivity index (χ2v) is 11.6. The Labute approximate surface area is 281 Å². The summed E-state index contributed by atoms with van der Waals surface area (Å²) in [7, 11) is 1.53. The smallest absolute Gasteiger partial charge is 0.338 e. The number of nitro groups is 2. The molecule has 4 aromatic carbocycles. The van der Waals surface area contributed by atoms with Crippen molar-refractivity contribution in [2.75, 3.05) is 13.7 Å². The number of fused-ring (bicyclic) bond motifs is 1. The van der Waals surface area contributed by atoms with Crippen molar-refractivity contribution < 1.29 is 28.9 Å². The minimum Gasteiger partial charge on any atom is -0.497 e. The van der Waals surface area contributed by atoms with Crippen LogP contribution in [-0.2, 0) is 9.53 Å². The van der Waals surface area contributed by atoms with Gasteiger partial charge >= 0.3 is 11.7 Å². The van der Waals surface area contributed by atoms with Gasteiger partial charge in [0.25, 0.3) is 11.2 Å². The Bertz CT molecular complexity index is 2330. The van der Waals surface area contributed by atoms with Gasteiger partial charge in [-0.3, -0.25) is 29.6 Å². The van der Waals surface area contributed by atoms with Crippen LogP contribution in [0.3, 0.4) is 0 Å². The summed E-state index contributed by atoms with van der Waals surface area (Å²) in [6.07, 6.45) is 1.62. The molecule has 0 spiro atoms. The van der Waals surface area contributed by atoms with Gasteiger partial charge in [-0.15, -0.1) is 0 Å². The number of rotatable bonds is 10. The quantitative estimate of drug-likeness (QED) is 0.105. The van der Waals surface area contributed by atoms with Gasteiger partial charge in [0.2, 0.25) is 5.75 Å². The van der Waals surface area contributed by atoms with Crippen LogP contribution in [0, 0.1) is 20.2 Å². The maximum absolute atomic E-state index is 14.2. The van der Waals surface area contributed by atoms with Gasteiger partial charge in [0.1, 0.15) is 11.5 Å². The van der Waals surface area contributed by atoms with Crippen molar-refractivity contribution in [1.29, 1.82) is 0 Å². The summed E-state index contributed by atoms with van der Waals surface area (Å²) >= 11 is 1.13. The molecular weight excluding hydrogens is 652 g/mol. The summed E-state index contributed by atoms with van der Waals surface area (Å²) in [5.74, 6) is -0.0717. The van der Waals surface area contributed by atoms with Gasteiger partial charge < -0.3 is 14.2 Å². The highest BCUT2D eigenvalue weighted by molar-refractivity contribution is 7.07. The van der Waals surface area contributed by atoms with Gasteiger partial charge in [0, 0.05) is 11.6 Å². The Morgan fingerprint density at radius 1 is 0.939 bits per heavy atom. The summed E-state index contributed by atoms with van der Waals surface area (Å²) in [5, 5.41) is 22.8. The van der Waals surface area contributed by atoms with Crippen molar-refractivity contribution >= 4 is 40.5 Å². The molecule has 0 aliphatic carbocycles. The molecule has 0 amide bonds. The number of aromatic nitrogens is 1. The summed E-state index contributed by atoms with van der Waals surface area (Å²) in [4.78, 5) is 54.3. The molecule has 246 valence electrons. The molecule has 1 aliphatic heterocycles. The Morgan fingerprint density at radius 2 is 1.69 bits per heavy atom. The van der Waals surface area contributed by atoms with E-state index in [4.69, 9.17) is 19.2 Å². The summed E-state index contributed by atoms with van der Waals surface area (Å²) < 4.78 is 18.5. The number of nitro benzene ring substituents is 2. The van der Waals surface area contributed by atoms with E-state index in [9.17, 15) is 29.8 Å². The topological polar surface area (TPSA) is 165 Å².